The fourth-order valence-corrected chi connectivity index (χ4v) is 3.71. The first-order valence-corrected chi connectivity index (χ1v) is 10.6. The van der Waals surface area contributed by atoms with Crippen LogP contribution in [0.4, 0.5) is 0 Å². The van der Waals surface area contributed by atoms with Crippen LogP contribution in [0.5, 0.6) is 0 Å². The van der Waals surface area contributed by atoms with Gasteiger partial charge in [-0.15, -0.1) is 0 Å². The monoisotopic (exact) mass is 396 g/mol. The molecule has 0 heterocycles. The molecule has 0 saturated heterocycles. The summed E-state index contributed by atoms with van der Waals surface area (Å²) in [5.41, 5.74) is 0. The van der Waals surface area contributed by atoms with Gasteiger partial charge >= 0.3 is 5.97 Å². The van der Waals surface area contributed by atoms with E-state index in [2.05, 4.69) is 0 Å². The van der Waals surface area contributed by atoms with Crippen molar-refractivity contribution < 1.29 is 29.3 Å². The summed E-state index contributed by atoms with van der Waals surface area (Å²) in [6, 6.07) is 0. The lowest BCUT2D eigenvalue weighted by molar-refractivity contribution is -0.143. The molecule has 28 heavy (non-hydrogen) atoms. The van der Waals surface area contributed by atoms with Gasteiger partial charge < -0.3 is 14.9 Å². The molecule has 1 rings (SSSR count). The first-order chi connectivity index (χ1) is 13.4. The van der Waals surface area contributed by atoms with Gasteiger partial charge in [0.05, 0.1) is 12.7 Å². The number of hydrogen-bond donors (Lipinski definition) is 2. The molecule has 0 amide bonds. The third kappa shape index (κ3) is 8.65. The number of carbonyl (C=O) groups excluding carboxylic acids is 3. The van der Waals surface area contributed by atoms with Crippen molar-refractivity contribution in [3.8, 4) is 0 Å². The van der Waals surface area contributed by atoms with Crippen LogP contribution in [0.2, 0.25) is 0 Å². The van der Waals surface area contributed by atoms with E-state index in [0.29, 0.717) is 38.7 Å². The van der Waals surface area contributed by atoms with Gasteiger partial charge in [-0.2, -0.15) is 0 Å². The van der Waals surface area contributed by atoms with E-state index in [-0.39, 0.29) is 42.2 Å². The maximum atomic E-state index is 12.2. The second-order valence-electron chi connectivity index (χ2n) is 7.58. The summed E-state index contributed by atoms with van der Waals surface area (Å²) in [5.74, 6) is -0.882. The van der Waals surface area contributed by atoms with E-state index in [9.17, 15) is 24.6 Å². The zero-order valence-electron chi connectivity index (χ0n) is 17.3. The number of ketones is 2. The molecule has 160 valence electrons. The van der Waals surface area contributed by atoms with Crippen molar-refractivity contribution in [1.82, 2.24) is 0 Å². The Morgan fingerprint density at radius 3 is 2.64 bits per heavy atom. The summed E-state index contributed by atoms with van der Waals surface area (Å²) in [5, 5.41) is 20.1. The molecular formula is C22H36O6. The van der Waals surface area contributed by atoms with Gasteiger partial charge in [0.2, 0.25) is 0 Å². The third-order valence-electron chi connectivity index (χ3n) is 5.38. The van der Waals surface area contributed by atoms with Crippen LogP contribution in [0.1, 0.15) is 78.1 Å². The van der Waals surface area contributed by atoms with Crippen LogP contribution < -0.4 is 0 Å². The Bertz CT molecular complexity index is 527. The van der Waals surface area contributed by atoms with Crippen LogP contribution in [0.25, 0.3) is 0 Å². The van der Waals surface area contributed by atoms with Crippen molar-refractivity contribution in [2.45, 2.75) is 90.3 Å². The van der Waals surface area contributed by atoms with Gasteiger partial charge in [-0.3, -0.25) is 14.4 Å². The summed E-state index contributed by atoms with van der Waals surface area (Å²) in [6.07, 6.45) is 7.53. The molecule has 6 nitrogen and oxygen atoms in total. The predicted molar refractivity (Wildman–Crippen MR) is 107 cm³/mol. The van der Waals surface area contributed by atoms with E-state index in [1.165, 1.54) is 0 Å². The smallest absolute Gasteiger partial charge is 0.305 e. The van der Waals surface area contributed by atoms with Crippen LogP contribution in [0.3, 0.4) is 0 Å². The minimum atomic E-state index is -0.938. The summed E-state index contributed by atoms with van der Waals surface area (Å²) < 4.78 is 4.87. The van der Waals surface area contributed by atoms with Gasteiger partial charge in [0.15, 0.2) is 5.78 Å². The van der Waals surface area contributed by atoms with Crippen molar-refractivity contribution in [3.63, 3.8) is 0 Å². The number of hydrogen-bond acceptors (Lipinski definition) is 6. The Hall–Kier alpha value is -1.53. The molecule has 6 heteroatoms. The molecule has 4 atom stereocenters. The minimum absolute atomic E-state index is 0.0349. The van der Waals surface area contributed by atoms with E-state index < -0.39 is 12.2 Å². The van der Waals surface area contributed by atoms with Gasteiger partial charge in [0.1, 0.15) is 11.9 Å². The number of unbranched alkanes of at least 4 members (excludes halogenated alkanes) is 2. The highest BCUT2D eigenvalue weighted by molar-refractivity contribution is 5.85. The Morgan fingerprint density at radius 1 is 1.21 bits per heavy atom. The van der Waals surface area contributed by atoms with Gasteiger partial charge in [-0.1, -0.05) is 31.9 Å². The molecule has 0 aromatic carbocycles. The fraction of sp³-hybridized carbons (Fsp3) is 0.773. The minimum Gasteiger partial charge on any atom is -0.466 e. The van der Waals surface area contributed by atoms with Crippen LogP contribution in [-0.4, -0.2) is 46.6 Å². The predicted octanol–water partition coefficient (Wildman–Crippen LogP) is 3.13. The van der Waals surface area contributed by atoms with Gasteiger partial charge in [0, 0.05) is 25.2 Å². The molecule has 1 aliphatic carbocycles. The number of carbonyl (C=O) groups is 3. The second kappa shape index (κ2) is 13.6. The number of esters is 1. The molecule has 0 spiro atoms. The molecule has 0 bridgehead atoms. The molecule has 1 fully saturated rings. The molecule has 1 aliphatic rings. The van der Waals surface area contributed by atoms with Crippen LogP contribution >= 0.6 is 0 Å². The summed E-state index contributed by atoms with van der Waals surface area (Å²) in [7, 11) is 0. The second-order valence-corrected chi connectivity index (χ2v) is 7.58. The average Bonchev–Trinajstić information content (AvgIpc) is 2.93. The molecule has 1 saturated carbocycles. The maximum Gasteiger partial charge on any atom is 0.305 e. The average molecular weight is 397 g/mol. The van der Waals surface area contributed by atoms with Crippen molar-refractivity contribution in [2.24, 2.45) is 11.8 Å². The Morgan fingerprint density at radius 2 is 1.96 bits per heavy atom. The lowest BCUT2D eigenvalue weighted by atomic mass is 9.86. The number of aliphatic hydroxyl groups excluding tert-OH is 2. The lowest BCUT2D eigenvalue weighted by Gasteiger charge is -2.20. The lowest BCUT2D eigenvalue weighted by Crippen LogP contribution is -2.25. The van der Waals surface area contributed by atoms with Crippen LogP contribution in [0.15, 0.2) is 12.2 Å². The first-order valence-electron chi connectivity index (χ1n) is 10.6. The molecule has 2 unspecified atom stereocenters. The van der Waals surface area contributed by atoms with Crippen molar-refractivity contribution in [1.29, 1.82) is 0 Å². The van der Waals surface area contributed by atoms with E-state index in [4.69, 9.17) is 4.74 Å². The van der Waals surface area contributed by atoms with Crippen molar-refractivity contribution >= 4 is 17.5 Å². The zero-order valence-corrected chi connectivity index (χ0v) is 17.3. The largest absolute Gasteiger partial charge is 0.466 e. The number of Topliss-reactive ketones (excluding diaryl/α,β-unsaturated/α-hetero) is 2. The molecule has 0 aromatic rings. The van der Waals surface area contributed by atoms with E-state index in [1.807, 2.05) is 19.1 Å². The van der Waals surface area contributed by atoms with Gasteiger partial charge in [-0.25, -0.2) is 0 Å². The summed E-state index contributed by atoms with van der Waals surface area (Å²) >= 11 is 0. The highest BCUT2D eigenvalue weighted by Gasteiger charge is 2.40. The highest BCUT2D eigenvalue weighted by Crippen LogP contribution is 2.35. The Balaban J connectivity index is 2.42. The maximum absolute atomic E-state index is 12.2. The highest BCUT2D eigenvalue weighted by atomic mass is 16.5. The number of allylic oxidation sites excluding steroid dienone is 2. The summed E-state index contributed by atoms with van der Waals surface area (Å²) in [4.78, 5) is 35.5. The normalized spacial score (nSPS) is 23.3. The number of rotatable bonds is 14. The van der Waals surface area contributed by atoms with E-state index >= 15 is 0 Å². The number of ether oxygens (including phenoxy) is 1. The molecule has 0 aliphatic heterocycles. The third-order valence-corrected chi connectivity index (χ3v) is 5.38. The SMILES string of the molecule is CCCCC(O)C(=O)CCC1[C@H](O)CC(=O)[C@@H]1C/C=C\CCCC(=O)OCC. The topological polar surface area (TPSA) is 101 Å². The van der Waals surface area contributed by atoms with Crippen LogP contribution in [-0.2, 0) is 19.1 Å². The van der Waals surface area contributed by atoms with Gasteiger partial charge in [-0.05, 0) is 44.9 Å². The molecular weight excluding hydrogens is 360 g/mol. The van der Waals surface area contributed by atoms with Crippen molar-refractivity contribution in [2.75, 3.05) is 6.61 Å². The Kier molecular flexibility index (Phi) is 11.9. The van der Waals surface area contributed by atoms with Gasteiger partial charge in [0.25, 0.3) is 0 Å². The molecule has 0 radical (unpaired) electrons. The van der Waals surface area contributed by atoms with Crippen LogP contribution in [0, 0.1) is 11.8 Å². The molecule has 2 N–H and O–H groups in total. The van der Waals surface area contributed by atoms with E-state index in [0.717, 1.165) is 19.3 Å². The quantitative estimate of drug-likeness (QED) is 0.266. The molecule has 0 aromatic heterocycles. The van der Waals surface area contributed by atoms with E-state index in [1.54, 1.807) is 6.92 Å². The summed E-state index contributed by atoms with van der Waals surface area (Å²) in [6.45, 7) is 4.17. The first kappa shape index (κ1) is 24.5. The zero-order chi connectivity index (χ0) is 20.9. The number of aliphatic hydroxyl groups is 2. The fourth-order valence-electron chi connectivity index (χ4n) is 3.71. The Labute approximate surface area is 168 Å². The standard InChI is InChI=1S/C22H36O6/c1-3-5-11-18(23)19(24)14-13-17-16(20(25)15-21(17)26)10-8-6-7-9-12-22(27)28-4-2/h6,8,16-18,21,23,26H,3-5,7,9-15H2,1-2H3/b8-6-/t16-,17?,18?,21-/m1/s1. The van der Waals surface area contributed by atoms with Crippen molar-refractivity contribution in [3.05, 3.63) is 12.2 Å².